The number of hydrogen-bond donors (Lipinski definition) is 2. The summed E-state index contributed by atoms with van der Waals surface area (Å²) in [6.07, 6.45) is -0.601. The minimum absolute atomic E-state index is 0.0986. The lowest BCUT2D eigenvalue weighted by Crippen LogP contribution is -2.40. The van der Waals surface area contributed by atoms with Crippen LogP contribution in [0.3, 0.4) is 0 Å². The number of ether oxygens (including phenoxy) is 1. The van der Waals surface area contributed by atoms with Gasteiger partial charge in [-0.2, -0.15) is 0 Å². The maximum Gasteiger partial charge on any atom is 0.259 e. The van der Waals surface area contributed by atoms with Crippen molar-refractivity contribution in [2.24, 2.45) is 0 Å². The fourth-order valence-electron chi connectivity index (χ4n) is 2.67. The fraction of sp³-hybridized carbons (Fsp3) is 0.700. The van der Waals surface area contributed by atoms with Crippen molar-refractivity contribution in [3.05, 3.63) is 27.1 Å². The summed E-state index contributed by atoms with van der Waals surface area (Å²) in [7, 11) is 0. The largest absolute Gasteiger partial charge is 0.389 e. The van der Waals surface area contributed by atoms with Gasteiger partial charge in [-0.3, -0.25) is 9.69 Å². The summed E-state index contributed by atoms with van der Waals surface area (Å²) in [6, 6.07) is 2.14. The molecular formula is C20H33N3O3S. The smallest absolute Gasteiger partial charge is 0.259 e. The first-order chi connectivity index (χ1) is 12.5. The van der Waals surface area contributed by atoms with E-state index in [1.165, 1.54) is 0 Å². The molecule has 0 aliphatic heterocycles. The van der Waals surface area contributed by atoms with Crippen molar-refractivity contribution >= 4 is 21.6 Å². The summed E-state index contributed by atoms with van der Waals surface area (Å²) in [4.78, 5) is 24.0. The van der Waals surface area contributed by atoms with Gasteiger partial charge in [-0.1, -0.05) is 13.8 Å². The van der Waals surface area contributed by atoms with E-state index < -0.39 is 6.10 Å². The highest BCUT2D eigenvalue weighted by molar-refractivity contribution is 7.18. The molecule has 0 radical (unpaired) electrons. The van der Waals surface area contributed by atoms with Gasteiger partial charge in [0.15, 0.2) is 0 Å². The Kier molecular flexibility index (Phi) is 7.19. The number of thiophene rings is 1. The third-order valence-electron chi connectivity index (χ3n) is 4.28. The van der Waals surface area contributed by atoms with Crippen molar-refractivity contribution in [2.75, 3.05) is 13.2 Å². The molecular weight excluding hydrogens is 362 g/mol. The highest BCUT2D eigenvalue weighted by Crippen LogP contribution is 2.27. The average Bonchev–Trinajstić information content (AvgIpc) is 2.96. The molecule has 27 heavy (non-hydrogen) atoms. The number of aliphatic hydroxyl groups excluding tert-OH is 1. The molecule has 6 nitrogen and oxygen atoms in total. The Labute approximate surface area is 165 Å². The van der Waals surface area contributed by atoms with Crippen LogP contribution in [-0.2, 0) is 11.3 Å². The highest BCUT2D eigenvalue weighted by Gasteiger charge is 2.20. The summed E-state index contributed by atoms with van der Waals surface area (Å²) < 4.78 is 5.68. The Hall–Kier alpha value is -1.28. The molecule has 0 aliphatic rings. The summed E-state index contributed by atoms with van der Waals surface area (Å²) in [5, 5.41) is 11.0. The number of aromatic amines is 1. The monoisotopic (exact) mass is 395 g/mol. The molecule has 0 amide bonds. The van der Waals surface area contributed by atoms with E-state index in [0.717, 1.165) is 9.71 Å². The number of nitrogens with one attached hydrogen (secondary N) is 1. The molecule has 0 fully saturated rings. The van der Waals surface area contributed by atoms with Gasteiger partial charge in [0.1, 0.15) is 10.7 Å². The van der Waals surface area contributed by atoms with Gasteiger partial charge in [0.05, 0.1) is 30.2 Å². The number of rotatable bonds is 8. The predicted molar refractivity (Wildman–Crippen MR) is 112 cm³/mol. The second-order valence-electron chi connectivity index (χ2n) is 8.64. The van der Waals surface area contributed by atoms with Crippen LogP contribution in [-0.4, -0.2) is 50.9 Å². The Morgan fingerprint density at radius 2 is 1.96 bits per heavy atom. The SMILES string of the molecule is CC(C)c1cc2c(=O)[nH]c(CN(CC(O)COC(C)(C)C)C(C)C)nc2s1. The number of hydrogen-bond acceptors (Lipinski definition) is 6. The van der Waals surface area contributed by atoms with E-state index in [0.29, 0.717) is 30.2 Å². The molecule has 0 saturated heterocycles. The zero-order valence-corrected chi connectivity index (χ0v) is 18.3. The van der Waals surface area contributed by atoms with Gasteiger partial charge in [0.2, 0.25) is 0 Å². The van der Waals surface area contributed by atoms with E-state index in [4.69, 9.17) is 4.74 Å². The van der Waals surface area contributed by atoms with E-state index in [-0.39, 0.29) is 23.8 Å². The van der Waals surface area contributed by atoms with Crippen molar-refractivity contribution in [1.82, 2.24) is 14.9 Å². The Balaban J connectivity index is 2.14. The first kappa shape index (κ1) is 22.0. The van der Waals surface area contributed by atoms with E-state index in [2.05, 4.69) is 42.6 Å². The molecule has 1 unspecified atom stereocenters. The van der Waals surface area contributed by atoms with Crippen LogP contribution < -0.4 is 5.56 Å². The fourth-order valence-corrected chi connectivity index (χ4v) is 3.73. The van der Waals surface area contributed by atoms with Crippen molar-refractivity contribution in [1.29, 1.82) is 0 Å². The number of fused-ring (bicyclic) bond motifs is 1. The summed E-state index contributed by atoms with van der Waals surface area (Å²) in [6.45, 7) is 15.5. The second kappa shape index (κ2) is 8.82. The van der Waals surface area contributed by atoms with Gasteiger partial charge in [-0.15, -0.1) is 11.3 Å². The maximum absolute atomic E-state index is 12.4. The molecule has 7 heteroatoms. The molecule has 0 bridgehead atoms. The van der Waals surface area contributed by atoms with Crippen LogP contribution in [0, 0.1) is 0 Å². The number of nitrogens with zero attached hydrogens (tertiary/aromatic N) is 2. The molecule has 2 aromatic rings. The minimum atomic E-state index is -0.601. The molecule has 0 aliphatic carbocycles. The van der Waals surface area contributed by atoms with Crippen LogP contribution in [0.4, 0.5) is 0 Å². The van der Waals surface area contributed by atoms with Crippen molar-refractivity contribution in [3.8, 4) is 0 Å². The maximum atomic E-state index is 12.4. The molecule has 2 rings (SSSR count). The van der Waals surface area contributed by atoms with Crippen LogP contribution in [0.5, 0.6) is 0 Å². The third-order valence-corrected chi connectivity index (χ3v) is 5.61. The van der Waals surface area contributed by atoms with Gasteiger partial charge in [-0.05, 0) is 46.6 Å². The topological polar surface area (TPSA) is 78.5 Å². The van der Waals surface area contributed by atoms with Crippen LogP contribution in [0.1, 0.15) is 65.1 Å². The van der Waals surface area contributed by atoms with Crippen LogP contribution in [0.25, 0.3) is 10.2 Å². The van der Waals surface area contributed by atoms with Crippen molar-refractivity contribution in [2.45, 2.75) is 78.7 Å². The number of aliphatic hydroxyl groups is 1. The molecule has 1 atom stereocenters. The summed E-state index contributed by atoms with van der Waals surface area (Å²) >= 11 is 1.57. The summed E-state index contributed by atoms with van der Waals surface area (Å²) in [5.74, 6) is 1.000. The molecule has 2 N–H and O–H groups in total. The lowest BCUT2D eigenvalue weighted by atomic mass is 10.2. The van der Waals surface area contributed by atoms with E-state index >= 15 is 0 Å². The Morgan fingerprint density at radius 1 is 1.30 bits per heavy atom. The van der Waals surface area contributed by atoms with Gasteiger partial charge >= 0.3 is 0 Å². The van der Waals surface area contributed by atoms with Gasteiger partial charge < -0.3 is 14.8 Å². The van der Waals surface area contributed by atoms with Gasteiger partial charge in [0, 0.05) is 17.5 Å². The molecule has 0 spiro atoms. The predicted octanol–water partition coefficient (Wildman–Crippen LogP) is 3.49. The lowest BCUT2D eigenvalue weighted by Gasteiger charge is -2.29. The molecule has 0 saturated carbocycles. The Morgan fingerprint density at radius 3 is 2.52 bits per heavy atom. The normalized spacial score (nSPS) is 14.0. The lowest BCUT2D eigenvalue weighted by molar-refractivity contribution is -0.0588. The van der Waals surface area contributed by atoms with Crippen LogP contribution >= 0.6 is 11.3 Å². The standard InChI is InChI=1S/C20H33N3O3S/c1-12(2)16-8-15-18(25)21-17(22-19(15)27-16)10-23(13(3)4)9-14(24)11-26-20(5,6)7/h8,12-14,24H,9-11H2,1-7H3,(H,21,22,25). The van der Waals surface area contributed by atoms with E-state index in [1.54, 1.807) is 11.3 Å². The zero-order valence-electron chi connectivity index (χ0n) is 17.5. The van der Waals surface area contributed by atoms with Crippen molar-refractivity contribution < 1.29 is 9.84 Å². The van der Waals surface area contributed by atoms with Crippen molar-refractivity contribution in [3.63, 3.8) is 0 Å². The minimum Gasteiger partial charge on any atom is -0.389 e. The number of aromatic nitrogens is 2. The second-order valence-corrected chi connectivity index (χ2v) is 9.70. The van der Waals surface area contributed by atoms with E-state index in [1.807, 2.05) is 26.8 Å². The van der Waals surface area contributed by atoms with Gasteiger partial charge in [-0.25, -0.2) is 4.98 Å². The van der Waals surface area contributed by atoms with Gasteiger partial charge in [0.25, 0.3) is 5.56 Å². The van der Waals surface area contributed by atoms with Crippen LogP contribution in [0.2, 0.25) is 0 Å². The molecule has 2 heterocycles. The first-order valence-corrected chi connectivity index (χ1v) is 10.4. The third kappa shape index (κ3) is 6.38. The summed E-state index contributed by atoms with van der Waals surface area (Å²) in [5.41, 5.74) is -0.382. The quantitative estimate of drug-likeness (QED) is 0.715. The zero-order chi connectivity index (χ0) is 20.4. The van der Waals surface area contributed by atoms with E-state index in [9.17, 15) is 9.90 Å². The molecule has 0 aromatic carbocycles. The average molecular weight is 396 g/mol. The molecule has 2 aromatic heterocycles. The Bertz CT molecular complexity index is 805. The first-order valence-electron chi connectivity index (χ1n) is 9.55. The highest BCUT2D eigenvalue weighted by atomic mass is 32.1. The number of H-pyrrole nitrogens is 1. The molecule has 152 valence electrons. The van der Waals surface area contributed by atoms with Crippen LogP contribution in [0.15, 0.2) is 10.9 Å².